The highest BCUT2D eigenvalue weighted by molar-refractivity contribution is 7.13. The summed E-state index contributed by atoms with van der Waals surface area (Å²) in [7, 11) is 0. The summed E-state index contributed by atoms with van der Waals surface area (Å²) in [5, 5.41) is 2.85. The number of hydrogen-bond acceptors (Lipinski definition) is 4. The number of thiazole rings is 1. The molecule has 0 amide bonds. The van der Waals surface area contributed by atoms with Crippen molar-refractivity contribution in [1.82, 2.24) is 15.0 Å². The van der Waals surface area contributed by atoms with E-state index < -0.39 is 0 Å². The van der Waals surface area contributed by atoms with Gasteiger partial charge in [-0.2, -0.15) is 0 Å². The number of hydrogen-bond donors (Lipinski definition) is 0. The molecule has 0 fully saturated rings. The lowest BCUT2D eigenvalue weighted by Crippen LogP contribution is -1.86. The molecule has 0 unspecified atom stereocenters. The maximum Gasteiger partial charge on any atom is 0.143 e. The van der Waals surface area contributed by atoms with Crippen molar-refractivity contribution in [2.75, 3.05) is 0 Å². The zero-order chi connectivity index (χ0) is 8.39. The molecule has 4 heteroatoms. The first-order valence-electron chi connectivity index (χ1n) is 3.55. The highest BCUT2D eigenvalue weighted by atomic mass is 32.1. The standard InChI is InChI=1S/C8H7N3S/c1-6-4-11-7(5-10-6)8-9-2-3-12-8/h2-5H,1H3. The van der Waals surface area contributed by atoms with Crippen molar-refractivity contribution in [1.29, 1.82) is 0 Å². The molecule has 0 saturated carbocycles. The summed E-state index contributed by atoms with van der Waals surface area (Å²) in [6.07, 6.45) is 5.26. The van der Waals surface area contributed by atoms with E-state index in [1.165, 1.54) is 0 Å². The molecule has 0 bridgehead atoms. The molecule has 0 atom stereocenters. The molecular formula is C8H7N3S. The van der Waals surface area contributed by atoms with E-state index in [-0.39, 0.29) is 0 Å². The molecule has 0 aliphatic carbocycles. The molecule has 0 saturated heterocycles. The lowest BCUT2D eigenvalue weighted by molar-refractivity contribution is 1.12. The fourth-order valence-electron chi connectivity index (χ4n) is 0.853. The molecule has 0 aromatic carbocycles. The number of nitrogens with zero attached hydrogens (tertiary/aromatic N) is 3. The highest BCUT2D eigenvalue weighted by Gasteiger charge is 2.00. The van der Waals surface area contributed by atoms with E-state index in [0.717, 1.165) is 16.4 Å². The van der Waals surface area contributed by atoms with Gasteiger partial charge in [-0.15, -0.1) is 11.3 Å². The maximum atomic E-state index is 4.21. The van der Waals surface area contributed by atoms with Gasteiger partial charge in [0.1, 0.15) is 10.7 Å². The highest BCUT2D eigenvalue weighted by Crippen LogP contribution is 2.17. The third-order valence-electron chi connectivity index (χ3n) is 1.43. The third kappa shape index (κ3) is 1.33. The predicted octanol–water partition coefficient (Wildman–Crippen LogP) is 1.91. The molecule has 60 valence electrons. The molecule has 0 N–H and O–H groups in total. The Morgan fingerprint density at radius 1 is 1.17 bits per heavy atom. The molecule has 0 radical (unpaired) electrons. The third-order valence-corrected chi connectivity index (χ3v) is 2.23. The summed E-state index contributed by atoms with van der Waals surface area (Å²) in [6.45, 7) is 1.92. The van der Waals surface area contributed by atoms with Gasteiger partial charge < -0.3 is 0 Å². The Balaban J connectivity index is 2.43. The predicted molar refractivity (Wildman–Crippen MR) is 47.9 cm³/mol. The number of aromatic nitrogens is 3. The second-order valence-electron chi connectivity index (χ2n) is 2.38. The van der Waals surface area contributed by atoms with Crippen molar-refractivity contribution in [2.45, 2.75) is 6.92 Å². The molecule has 2 rings (SSSR count). The lowest BCUT2D eigenvalue weighted by Gasteiger charge is -1.93. The fourth-order valence-corrected chi connectivity index (χ4v) is 1.45. The average molecular weight is 177 g/mol. The minimum atomic E-state index is 0.843. The summed E-state index contributed by atoms with van der Waals surface area (Å²) in [6, 6.07) is 0. The molecule has 2 aromatic heterocycles. The maximum absolute atomic E-state index is 4.21. The van der Waals surface area contributed by atoms with E-state index in [9.17, 15) is 0 Å². The fraction of sp³-hybridized carbons (Fsp3) is 0.125. The first kappa shape index (κ1) is 7.36. The van der Waals surface area contributed by atoms with Gasteiger partial charge in [0, 0.05) is 17.8 Å². The van der Waals surface area contributed by atoms with Crippen molar-refractivity contribution in [3.05, 3.63) is 29.7 Å². The smallest absolute Gasteiger partial charge is 0.143 e. The SMILES string of the molecule is Cc1cnc(-c2nccs2)cn1. The summed E-state index contributed by atoms with van der Waals surface area (Å²) >= 11 is 1.57. The Morgan fingerprint density at radius 2 is 2.08 bits per heavy atom. The molecule has 0 aliphatic rings. The van der Waals surface area contributed by atoms with Crippen molar-refractivity contribution >= 4 is 11.3 Å². The molecule has 12 heavy (non-hydrogen) atoms. The van der Waals surface area contributed by atoms with Crippen LogP contribution < -0.4 is 0 Å². The van der Waals surface area contributed by atoms with Gasteiger partial charge in [0.05, 0.1) is 11.9 Å². The van der Waals surface area contributed by atoms with Crippen LogP contribution in [-0.4, -0.2) is 15.0 Å². The van der Waals surface area contributed by atoms with Gasteiger partial charge in [-0.3, -0.25) is 9.97 Å². The van der Waals surface area contributed by atoms with Crippen molar-refractivity contribution in [3.8, 4) is 10.7 Å². The van der Waals surface area contributed by atoms with E-state index in [1.807, 2.05) is 12.3 Å². The normalized spacial score (nSPS) is 10.1. The van der Waals surface area contributed by atoms with Crippen LogP contribution in [0.2, 0.25) is 0 Å². The monoisotopic (exact) mass is 177 g/mol. The van der Waals surface area contributed by atoms with E-state index in [0.29, 0.717) is 0 Å². The van der Waals surface area contributed by atoms with Gasteiger partial charge in [0.2, 0.25) is 0 Å². The van der Waals surface area contributed by atoms with Crippen molar-refractivity contribution < 1.29 is 0 Å². The Hall–Kier alpha value is -1.29. The Bertz CT molecular complexity index is 352. The zero-order valence-electron chi connectivity index (χ0n) is 6.56. The van der Waals surface area contributed by atoms with Crippen LogP contribution in [0.3, 0.4) is 0 Å². The van der Waals surface area contributed by atoms with Crippen molar-refractivity contribution in [2.24, 2.45) is 0 Å². The lowest BCUT2D eigenvalue weighted by atomic mass is 10.4. The van der Waals surface area contributed by atoms with E-state index in [2.05, 4.69) is 15.0 Å². The Labute approximate surface area is 74.2 Å². The first-order chi connectivity index (χ1) is 5.86. The molecule has 2 heterocycles. The van der Waals surface area contributed by atoms with Gasteiger partial charge in [0.25, 0.3) is 0 Å². The Kier molecular flexibility index (Phi) is 1.83. The summed E-state index contributed by atoms with van der Waals surface area (Å²) in [5.41, 5.74) is 1.77. The number of rotatable bonds is 1. The van der Waals surface area contributed by atoms with Gasteiger partial charge >= 0.3 is 0 Å². The summed E-state index contributed by atoms with van der Waals surface area (Å²) < 4.78 is 0. The van der Waals surface area contributed by atoms with Crippen LogP contribution in [0.4, 0.5) is 0 Å². The van der Waals surface area contributed by atoms with E-state index >= 15 is 0 Å². The molecule has 0 spiro atoms. The molecule has 0 aliphatic heterocycles. The van der Waals surface area contributed by atoms with Crippen LogP contribution >= 0.6 is 11.3 Å². The second-order valence-corrected chi connectivity index (χ2v) is 3.27. The first-order valence-corrected chi connectivity index (χ1v) is 4.43. The van der Waals surface area contributed by atoms with Crippen LogP contribution in [0.1, 0.15) is 5.69 Å². The van der Waals surface area contributed by atoms with Gasteiger partial charge in [-0.25, -0.2) is 4.98 Å². The minimum Gasteiger partial charge on any atom is -0.258 e. The van der Waals surface area contributed by atoms with E-state index in [1.54, 1.807) is 29.9 Å². The second kappa shape index (κ2) is 2.98. The molecule has 3 nitrogen and oxygen atoms in total. The summed E-state index contributed by atoms with van der Waals surface area (Å²) in [4.78, 5) is 12.5. The van der Waals surface area contributed by atoms with Gasteiger partial charge in [-0.05, 0) is 6.92 Å². The van der Waals surface area contributed by atoms with Gasteiger partial charge in [0.15, 0.2) is 0 Å². The minimum absolute atomic E-state index is 0.843. The van der Waals surface area contributed by atoms with Gasteiger partial charge in [-0.1, -0.05) is 0 Å². The van der Waals surface area contributed by atoms with Crippen molar-refractivity contribution in [3.63, 3.8) is 0 Å². The number of aryl methyl sites for hydroxylation is 1. The largest absolute Gasteiger partial charge is 0.258 e. The van der Waals surface area contributed by atoms with Crippen LogP contribution in [-0.2, 0) is 0 Å². The molecular weight excluding hydrogens is 170 g/mol. The van der Waals surface area contributed by atoms with Crippen LogP contribution in [0.15, 0.2) is 24.0 Å². The average Bonchev–Trinajstić information content (AvgIpc) is 2.58. The Morgan fingerprint density at radius 3 is 2.67 bits per heavy atom. The van der Waals surface area contributed by atoms with Crippen LogP contribution in [0, 0.1) is 6.92 Å². The summed E-state index contributed by atoms with van der Waals surface area (Å²) in [5.74, 6) is 0. The van der Waals surface area contributed by atoms with Crippen LogP contribution in [0.5, 0.6) is 0 Å². The topological polar surface area (TPSA) is 38.7 Å². The quantitative estimate of drug-likeness (QED) is 0.667. The van der Waals surface area contributed by atoms with Crippen LogP contribution in [0.25, 0.3) is 10.7 Å². The zero-order valence-corrected chi connectivity index (χ0v) is 7.38. The molecule has 2 aromatic rings. The van der Waals surface area contributed by atoms with E-state index in [4.69, 9.17) is 0 Å².